The van der Waals surface area contributed by atoms with Crippen LogP contribution in [0.4, 0.5) is 4.79 Å². The van der Waals surface area contributed by atoms with Crippen LogP contribution in [0.25, 0.3) is 0 Å². The van der Waals surface area contributed by atoms with Crippen LogP contribution in [0.15, 0.2) is 0 Å². The van der Waals surface area contributed by atoms with Crippen molar-refractivity contribution in [1.82, 2.24) is 10.2 Å². The molecule has 2 aliphatic rings. The van der Waals surface area contributed by atoms with E-state index in [1.54, 1.807) is 4.90 Å². The fraction of sp³-hybridized carbons (Fsp3) is 0.857. The first-order valence-electron chi connectivity index (χ1n) is 7.09. The zero-order valence-corrected chi connectivity index (χ0v) is 12.1. The van der Waals surface area contributed by atoms with Crippen LogP contribution in [0.3, 0.4) is 0 Å². The van der Waals surface area contributed by atoms with E-state index in [1.165, 1.54) is 0 Å². The van der Waals surface area contributed by atoms with Crippen LogP contribution in [0.1, 0.15) is 46.5 Å². The van der Waals surface area contributed by atoms with Crippen molar-refractivity contribution in [3.05, 3.63) is 0 Å². The van der Waals surface area contributed by atoms with Crippen LogP contribution in [0, 0.1) is 0 Å². The number of carbonyl (C=O) groups is 2. The number of amides is 1. The second-order valence-electron chi connectivity index (χ2n) is 6.50. The Morgan fingerprint density at radius 3 is 2.47 bits per heavy atom. The first kappa shape index (κ1) is 14.3. The Labute approximate surface area is 114 Å². The van der Waals surface area contributed by atoms with Crippen molar-refractivity contribution in [3.63, 3.8) is 0 Å². The molecule has 2 aliphatic heterocycles. The third kappa shape index (κ3) is 3.26. The number of carbonyl (C=O) groups excluding carboxylic acids is 2. The van der Waals surface area contributed by atoms with Gasteiger partial charge in [0.25, 0.3) is 0 Å². The summed E-state index contributed by atoms with van der Waals surface area (Å²) in [6.07, 6.45) is 2.72. The summed E-state index contributed by atoms with van der Waals surface area (Å²) >= 11 is 0. The molecule has 0 radical (unpaired) electrons. The highest BCUT2D eigenvalue weighted by molar-refractivity contribution is 5.89. The summed E-state index contributed by atoms with van der Waals surface area (Å²) < 4.78 is 5.36. The van der Waals surface area contributed by atoms with Crippen LogP contribution in [-0.4, -0.2) is 47.6 Å². The number of hydrogen-bond acceptors (Lipinski definition) is 4. The minimum absolute atomic E-state index is 0.273. The lowest BCUT2D eigenvalue weighted by atomic mass is 9.79. The Bertz CT molecular complexity index is 365. The number of Topliss-reactive ketones (excluding diaryl/α,β-unsaturated/α-hetero) is 1. The fourth-order valence-corrected chi connectivity index (χ4v) is 2.77. The van der Waals surface area contributed by atoms with Gasteiger partial charge in [0, 0.05) is 19.5 Å². The summed E-state index contributed by atoms with van der Waals surface area (Å²) in [5.74, 6) is 0.308. The molecule has 2 fully saturated rings. The molecule has 5 heteroatoms. The Hall–Kier alpha value is -1.10. The summed E-state index contributed by atoms with van der Waals surface area (Å²) in [6, 6.07) is 0. The maximum Gasteiger partial charge on any atom is 0.410 e. The summed E-state index contributed by atoms with van der Waals surface area (Å²) in [7, 11) is 0. The standard InChI is InChI=1S/C14H24N2O3/c1-13(2,3)19-12(18)16-9-6-14(7-10-16)11(17)5-4-8-15-14/h15H,4-10H2,1-3H3. The average molecular weight is 268 g/mol. The second kappa shape index (κ2) is 5.12. The highest BCUT2D eigenvalue weighted by Crippen LogP contribution is 2.28. The maximum absolute atomic E-state index is 12.1. The molecule has 5 nitrogen and oxygen atoms in total. The minimum Gasteiger partial charge on any atom is -0.444 e. The molecule has 0 aromatic carbocycles. The lowest BCUT2D eigenvalue weighted by molar-refractivity contribution is -0.129. The van der Waals surface area contributed by atoms with Gasteiger partial charge in [-0.1, -0.05) is 0 Å². The first-order valence-corrected chi connectivity index (χ1v) is 7.09. The van der Waals surface area contributed by atoms with Gasteiger partial charge in [0.1, 0.15) is 5.60 Å². The number of nitrogens with one attached hydrogen (secondary N) is 1. The van der Waals surface area contributed by atoms with Crippen molar-refractivity contribution in [2.75, 3.05) is 19.6 Å². The zero-order chi connectivity index (χ0) is 14.1. The van der Waals surface area contributed by atoms with Gasteiger partial charge in [-0.25, -0.2) is 4.79 Å². The summed E-state index contributed by atoms with van der Waals surface area (Å²) in [4.78, 5) is 25.8. The zero-order valence-electron chi connectivity index (χ0n) is 12.1. The quantitative estimate of drug-likeness (QED) is 0.726. The molecule has 1 N–H and O–H groups in total. The topological polar surface area (TPSA) is 58.6 Å². The summed E-state index contributed by atoms with van der Waals surface area (Å²) in [5.41, 5.74) is -0.845. The number of hydrogen-bond donors (Lipinski definition) is 1. The normalized spacial score (nSPS) is 23.5. The van der Waals surface area contributed by atoms with Gasteiger partial charge in [0.15, 0.2) is 5.78 Å². The number of rotatable bonds is 0. The van der Waals surface area contributed by atoms with E-state index in [4.69, 9.17) is 4.74 Å². The largest absolute Gasteiger partial charge is 0.444 e. The monoisotopic (exact) mass is 268 g/mol. The number of piperidine rings is 2. The molecule has 1 spiro atoms. The third-order valence-electron chi connectivity index (χ3n) is 3.85. The molecule has 0 bridgehead atoms. The van der Waals surface area contributed by atoms with Gasteiger partial charge in [0.05, 0.1) is 5.54 Å². The summed E-state index contributed by atoms with van der Waals surface area (Å²) in [6.45, 7) is 7.67. The Morgan fingerprint density at radius 2 is 1.95 bits per heavy atom. The van der Waals surface area contributed by atoms with E-state index >= 15 is 0 Å². The average Bonchev–Trinajstić information content (AvgIpc) is 2.32. The molecule has 2 rings (SSSR count). The number of likely N-dealkylation sites (tertiary alicyclic amines) is 1. The molecular formula is C14H24N2O3. The van der Waals surface area contributed by atoms with Gasteiger partial charge in [-0.3, -0.25) is 4.79 Å². The lowest BCUT2D eigenvalue weighted by Crippen LogP contribution is -2.61. The Kier molecular flexibility index (Phi) is 3.85. The molecule has 0 atom stereocenters. The van der Waals surface area contributed by atoms with Crippen LogP contribution < -0.4 is 5.32 Å². The van der Waals surface area contributed by atoms with E-state index in [2.05, 4.69) is 5.32 Å². The van der Waals surface area contributed by atoms with Crippen LogP contribution >= 0.6 is 0 Å². The van der Waals surface area contributed by atoms with Gasteiger partial charge in [0.2, 0.25) is 0 Å². The van der Waals surface area contributed by atoms with Crippen LogP contribution in [0.5, 0.6) is 0 Å². The highest BCUT2D eigenvalue weighted by Gasteiger charge is 2.43. The Balaban J connectivity index is 1.92. The minimum atomic E-state index is -0.467. The Morgan fingerprint density at radius 1 is 1.32 bits per heavy atom. The molecule has 0 unspecified atom stereocenters. The van der Waals surface area contributed by atoms with Crippen LogP contribution in [0.2, 0.25) is 0 Å². The summed E-state index contributed by atoms with van der Waals surface area (Å²) in [5, 5.41) is 3.36. The van der Waals surface area contributed by atoms with E-state index in [0.29, 0.717) is 38.1 Å². The van der Waals surface area contributed by atoms with Gasteiger partial charge < -0.3 is 15.0 Å². The number of nitrogens with zero attached hydrogens (tertiary/aromatic N) is 1. The molecule has 0 aromatic heterocycles. The molecule has 0 aromatic rings. The number of ether oxygens (including phenoxy) is 1. The fourth-order valence-electron chi connectivity index (χ4n) is 2.77. The van der Waals surface area contributed by atoms with E-state index in [9.17, 15) is 9.59 Å². The molecule has 0 aliphatic carbocycles. The molecular weight excluding hydrogens is 244 g/mol. The molecule has 1 amide bonds. The SMILES string of the molecule is CC(C)(C)OC(=O)N1CCC2(CC1)NCCCC2=O. The first-order chi connectivity index (χ1) is 8.82. The highest BCUT2D eigenvalue weighted by atomic mass is 16.6. The van der Waals surface area contributed by atoms with Gasteiger partial charge in [-0.05, 0) is 46.6 Å². The molecule has 108 valence electrons. The number of ketones is 1. The van der Waals surface area contributed by atoms with E-state index in [-0.39, 0.29) is 11.6 Å². The van der Waals surface area contributed by atoms with Crippen molar-refractivity contribution in [3.8, 4) is 0 Å². The van der Waals surface area contributed by atoms with E-state index < -0.39 is 5.60 Å². The van der Waals surface area contributed by atoms with Crippen molar-refractivity contribution in [1.29, 1.82) is 0 Å². The van der Waals surface area contributed by atoms with Crippen molar-refractivity contribution in [2.45, 2.75) is 57.6 Å². The van der Waals surface area contributed by atoms with E-state index in [0.717, 1.165) is 13.0 Å². The predicted octanol–water partition coefficient (Wildman–Crippen LogP) is 1.71. The molecule has 2 saturated heterocycles. The molecule has 19 heavy (non-hydrogen) atoms. The molecule has 2 heterocycles. The van der Waals surface area contributed by atoms with E-state index in [1.807, 2.05) is 20.8 Å². The van der Waals surface area contributed by atoms with Crippen LogP contribution in [-0.2, 0) is 9.53 Å². The smallest absolute Gasteiger partial charge is 0.410 e. The van der Waals surface area contributed by atoms with Crippen molar-refractivity contribution < 1.29 is 14.3 Å². The van der Waals surface area contributed by atoms with Gasteiger partial charge in [-0.2, -0.15) is 0 Å². The maximum atomic E-state index is 12.1. The van der Waals surface area contributed by atoms with Crippen molar-refractivity contribution >= 4 is 11.9 Å². The lowest BCUT2D eigenvalue weighted by Gasteiger charge is -2.43. The van der Waals surface area contributed by atoms with Gasteiger partial charge in [-0.15, -0.1) is 0 Å². The second-order valence-corrected chi connectivity index (χ2v) is 6.50. The molecule has 0 saturated carbocycles. The predicted molar refractivity (Wildman–Crippen MR) is 72.0 cm³/mol. The van der Waals surface area contributed by atoms with Crippen molar-refractivity contribution in [2.24, 2.45) is 0 Å². The van der Waals surface area contributed by atoms with Gasteiger partial charge >= 0.3 is 6.09 Å². The third-order valence-corrected chi connectivity index (χ3v) is 3.85.